The minimum absolute atomic E-state index is 0.327. The zero-order valence-corrected chi connectivity index (χ0v) is 13.1. The molecule has 1 aliphatic rings. The molecule has 0 bridgehead atoms. The molecular weight excluding hydrogens is 330 g/mol. The molecule has 0 amide bonds. The van der Waals surface area contributed by atoms with Crippen molar-refractivity contribution in [1.82, 2.24) is 4.98 Å². The van der Waals surface area contributed by atoms with Gasteiger partial charge in [-0.3, -0.25) is 4.90 Å². The number of aromatic nitrogens is 1. The third-order valence-corrected chi connectivity index (χ3v) is 4.12. The molecule has 1 aromatic heterocycles. The predicted molar refractivity (Wildman–Crippen MR) is 88.2 cm³/mol. The minimum Gasteiger partial charge on any atom is -0.423 e. The van der Waals surface area contributed by atoms with Crippen LogP contribution in [0.1, 0.15) is 6.92 Å². The van der Waals surface area contributed by atoms with Gasteiger partial charge in [0, 0.05) is 17.1 Å². The van der Waals surface area contributed by atoms with Gasteiger partial charge in [-0.15, -0.1) is 0 Å². The summed E-state index contributed by atoms with van der Waals surface area (Å²) in [6.07, 6.45) is 0. The Morgan fingerprint density at radius 2 is 2.14 bits per heavy atom. The Morgan fingerprint density at radius 1 is 1.29 bits per heavy atom. The fourth-order valence-corrected chi connectivity index (χ4v) is 3.04. The highest BCUT2D eigenvalue weighted by atomic mass is 79.9. The number of fused-ring (bicyclic) bond motifs is 2. The maximum atomic E-state index is 5.92. The van der Waals surface area contributed by atoms with E-state index in [0.29, 0.717) is 12.1 Å². The van der Waals surface area contributed by atoms with Gasteiger partial charge in [-0.05, 0) is 37.3 Å². The largest absolute Gasteiger partial charge is 0.423 e. The van der Waals surface area contributed by atoms with Crippen LogP contribution in [0.2, 0.25) is 0 Å². The van der Waals surface area contributed by atoms with Crippen LogP contribution in [0.4, 0.5) is 17.4 Å². The molecule has 1 aliphatic heterocycles. The van der Waals surface area contributed by atoms with E-state index in [0.717, 1.165) is 33.5 Å². The number of para-hydroxylation sites is 2. The number of hydrogen-bond acceptors (Lipinski definition) is 4. The molecule has 0 aliphatic carbocycles. The summed E-state index contributed by atoms with van der Waals surface area (Å²) in [5.41, 5.74) is 3.87. The first-order valence-electron chi connectivity index (χ1n) is 6.90. The average Bonchev–Trinajstić information content (AvgIpc) is 2.90. The molecule has 4 nitrogen and oxygen atoms in total. The Labute approximate surface area is 130 Å². The Bertz CT molecular complexity index is 781. The molecule has 1 atom stereocenters. The van der Waals surface area contributed by atoms with Crippen molar-refractivity contribution >= 4 is 44.4 Å². The summed E-state index contributed by atoms with van der Waals surface area (Å²) in [4.78, 5) is 6.74. The van der Waals surface area contributed by atoms with Crippen LogP contribution < -0.4 is 10.2 Å². The Kier molecular flexibility index (Phi) is 2.89. The number of halogens is 1. The Balaban J connectivity index is 1.86. The van der Waals surface area contributed by atoms with E-state index >= 15 is 0 Å². The fourth-order valence-electron chi connectivity index (χ4n) is 2.69. The Hall–Kier alpha value is -2.01. The maximum absolute atomic E-state index is 5.92. The summed E-state index contributed by atoms with van der Waals surface area (Å²) >= 11 is 3.53. The molecule has 5 heteroatoms. The molecule has 3 aromatic rings. The van der Waals surface area contributed by atoms with Gasteiger partial charge in [-0.1, -0.05) is 28.1 Å². The molecule has 1 N–H and O–H groups in total. The fraction of sp³-hybridized carbons (Fsp3) is 0.188. The number of anilines is 3. The second-order valence-corrected chi connectivity index (χ2v) is 6.20. The number of hydrogen-bond donors (Lipinski definition) is 1. The van der Waals surface area contributed by atoms with Gasteiger partial charge < -0.3 is 9.73 Å². The summed E-state index contributed by atoms with van der Waals surface area (Å²) in [6.45, 7) is 2.97. The number of rotatable bonds is 1. The van der Waals surface area contributed by atoms with Crippen LogP contribution in [0, 0.1) is 0 Å². The van der Waals surface area contributed by atoms with Crippen molar-refractivity contribution in [2.75, 3.05) is 16.8 Å². The smallest absolute Gasteiger partial charge is 0.303 e. The number of nitrogens with zero attached hydrogens (tertiary/aromatic N) is 2. The number of nitrogens with one attached hydrogen (secondary N) is 1. The van der Waals surface area contributed by atoms with E-state index in [4.69, 9.17) is 4.42 Å². The third-order valence-electron chi connectivity index (χ3n) is 3.62. The van der Waals surface area contributed by atoms with Crippen molar-refractivity contribution in [3.05, 3.63) is 46.9 Å². The van der Waals surface area contributed by atoms with Crippen LogP contribution in [0.5, 0.6) is 0 Å². The molecule has 0 spiro atoms. The summed E-state index contributed by atoms with van der Waals surface area (Å²) in [5, 5.41) is 3.49. The molecule has 0 saturated heterocycles. The van der Waals surface area contributed by atoms with Crippen LogP contribution in [0.25, 0.3) is 11.1 Å². The van der Waals surface area contributed by atoms with Crippen LogP contribution in [0.15, 0.2) is 51.4 Å². The van der Waals surface area contributed by atoms with Crippen LogP contribution in [-0.2, 0) is 0 Å². The normalized spacial score (nSPS) is 17.6. The van der Waals surface area contributed by atoms with E-state index in [1.807, 2.05) is 30.3 Å². The van der Waals surface area contributed by atoms with Gasteiger partial charge in [0.1, 0.15) is 5.52 Å². The number of benzene rings is 2. The summed E-state index contributed by atoms with van der Waals surface area (Å²) in [5.74, 6) is 0. The maximum Gasteiger partial charge on any atom is 0.303 e. The quantitative estimate of drug-likeness (QED) is 0.704. The van der Waals surface area contributed by atoms with Crippen LogP contribution in [-0.4, -0.2) is 17.6 Å². The van der Waals surface area contributed by atoms with Gasteiger partial charge in [-0.2, -0.15) is 4.98 Å². The zero-order chi connectivity index (χ0) is 14.4. The van der Waals surface area contributed by atoms with Crippen molar-refractivity contribution < 1.29 is 4.42 Å². The molecule has 21 heavy (non-hydrogen) atoms. The van der Waals surface area contributed by atoms with Gasteiger partial charge in [0.2, 0.25) is 0 Å². The molecule has 2 aromatic carbocycles. The Morgan fingerprint density at radius 3 is 3.00 bits per heavy atom. The highest BCUT2D eigenvalue weighted by Crippen LogP contribution is 2.38. The summed E-state index contributed by atoms with van der Waals surface area (Å²) < 4.78 is 6.96. The first kappa shape index (κ1) is 12.7. The van der Waals surface area contributed by atoms with E-state index in [-0.39, 0.29) is 0 Å². The van der Waals surface area contributed by atoms with E-state index in [1.54, 1.807) is 0 Å². The minimum atomic E-state index is 0.327. The van der Waals surface area contributed by atoms with E-state index < -0.39 is 0 Å². The second-order valence-electron chi connectivity index (χ2n) is 5.28. The van der Waals surface area contributed by atoms with Gasteiger partial charge in [0.25, 0.3) is 0 Å². The number of oxazole rings is 1. The lowest BCUT2D eigenvalue weighted by Crippen LogP contribution is -2.37. The first-order chi connectivity index (χ1) is 10.2. The van der Waals surface area contributed by atoms with Gasteiger partial charge in [-0.25, -0.2) is 0 Å². The van der Waals surface area contributed by atoms with Gasteiger partial charge in [0.15, 0.2) is 5.58 Å². The van der Waals surface area contributed by atoms with Crippen molar-refractivity contribution in [2.24, 2.45) is 0 Å². The van der Waals surface area contributed by atoms with Gasteiger partial charge >= 0.3 is 6.01 Å². The molecule has 2 heterocycles. The van der Waals surface area contributed by atoms with Crippen LogP contribution in [0.3, 0.4) is 0 Å². The lowest BCUT2D eigenvalue weighted by atomic mass is 10.1. The van der Waals surface area contributed by atoms with E-state index in [2.05, 4.69) is 50.2 Å². The summed E-state index contributed by atoms with van der Waals surface area (Å²) in [6, 6.07) is 15.0. The molecular formula is C16H14BrN3O. The molecule has 0 fully saturated rings. The van der Waals surface area contributed by atoms with E-state index in [9.17, 15) is 0 Å². The van der Waals surface area contributed by atoms with Crippen LogP contribution >= 0.6 is 15.9 Å². The summed E-state index contributed by atoms with van der Waals surface area (Å²) in [7, 11) is 0. The topological polar surface area (TPSA) is 41.3 Å². The third kappa shape index (κ3) is 2.17. The van der Waals surface area contributed by atoms with Crippen molar-refractivity contribution in [3.8, 4) is 0 Å². The zero-order valence-electron chi connectivity index (χ0n) is 11.5. The molecule has 0 radical (unpaired) electrons. The lowest BCUT2D eigenvalue weighted by molar-refractivity contribution is 0.580. The standard InChI is InChI=1S/C16H14BrN3O/c1-10-9-20(14-8-11(17)6-7-12(14)18-10)16-19-13-4-2-3-5-15(13)21-16/h2-8,10,18H,9H2,1H3/t10-/m0/s1. The predicted octanol–water partition coefficient (Wildman–Crippen LogP) is 4.54. The monoisotopic (exact) mass is 343 g/mol. The molecule has 106 valence electrons. The van der Waals surface area contributed by atoms with Crippen molar-refractivity contribution in [3.63, 3.8) is 0 Å². The van der Waals surface area contributed by atoms with Crippen molar-refractivity contribution in [2.45, 2.75) is 13.0 Å². The molecule has 0 saturated carbocycles. The van der Waals surface area contributed by atoms with Gasteiger partial charge in [0.05, 0.1) is 11.4 Å². The highest BCUT2D eigenvalue weighted by molar-refractivity contribution is 9.10. The first-order valence-corrected chi connectivity index (χ1v) is 7.69. The molecule has 0 unspecified atom stereocenters. The lowest BCUT2D eigenvalue weighted by Gasteiger charge is -2.33. The highest BCUT2D eigenvalue weighted by Gasteiger charge is 2.26. The van der Waals surface area contributed by atoms with Crippen molar-refractivity contribution in [1.29, 1.82) is 0 Å². The second kappa shape index (κ2) is 4.77. The molecule has 4 rings (SSSR count). The average molecular weight is 344 g/mol. The SMILES string of the molecule is C[C@H]1CN(c2nc3ccccc3o2)c2cc(Br)ccc2N1. The van der Waals surface area contributed by atoms with E-state index in [1.165, 1.54) is 0 Å².